The minimum Gasteiger partial charge on any atom is -0.393 e. The van der Waals surface area contributed by atoms with Gasteiger partial charge in [-0.25, -0.2) is 0 Å². The molecule has 1 unspecified atom stereocenters. The average Bonchev–Trinajstić information content (AvgIpc) is 2.98. The number of aliphatic hydroxyl groups is 3. The molecule has 0 spiro atoms. The van der Waals surface area contributed by atoms with Crippen molar-refractivity contribution in [3.63, 3.8) is 0 Å². The van der Waals surface area contributed by atoms with E-state index in [1.54, 1.807) is 5.57 Å². The number of hydrogen-bond donors (Lipinski definition) is 3. The van der Waals surface area contributed by atoms with Crippen LogP contribution in [0.3, 0.4) is 0 Å². The Balaban J connectivity index is 1.59. The van der Waals surface area contributed by atoms with Crippen molar-refractivity contribution < 1.29 is 15.3 Å². The number of hydrogen-bond acceptors (Lipinski definition) is 4. The average molecular weight is 419 g/mol. The fraction of sp³-hybridized carbons (Fsp3) is 0.760. The second kappa shape index (κ2) is 7.25. The third kappa shape index (κ3) is 3.48. The number of allylic oxidation sites excluding steroid dienone is 4. The molecule has 4 aliphatic rings. The Morgan fingerprint density at radius 2 is 1.93 bits per heavy atom. The van der Waals surface area contributed by atoms with Crippen molar-refractivity contribution in [2.24, 2.45) is 22.7 Å². The summed E-state index contributed by atoms with van der Waals surface area (Å²) in [6.07, 6.45) is 10.7. The van der Waals surface area contributed by atoms with Gasteiger partial charge in [0.25, 0.3) is 0 Å². The van der Waals surface area contributed by atoms with Crippen molar-refractivity contribution >= 4 is 11.8 Å². The Morgan fingerprint density at radius 3 is 2.62 bits per heavy atom. The van der Waals surface area contributed by atoms with Crippen LogP contribution in [-0.2, 0) is 0 Å². The lowest BCUT2D eigenvalue weighted by Gasteiger charge is -2.56. The second-order valence-electron chi connectivity index (χ2n) is 11.0. The second-order valence-corrected chi connectivity index (χ2v) is 12.3. The minimum atomic E-state index is -0.639. The molecule has 0 amide bonds. The molecular formula is C25H38O3S. The Hall–Kier alpha value is -0.550. The van der Waals surface area contributed by atoms with E-state index in [-0.39, 0.29) is 10.8 Å². The van der Waals surface area contributed by atoms with Gasteiger partial charge in [0.2, 0.25) is 0 Å². The van der Waals surface area contributed by atoms with Crippen LogP contribution < -0.4 is 0 Å². The first-order valence-corrected chi connectivity index (χ1v) is 12.3. The molecule has 4 heteroatoms. The summed E-state index contributed by atoms with van der Waals surface area (Å²) in [4.78, 5) is 0. The number of rotatable bonds is 4. The fourth-order valence-electron chi connectivity index (χ4n) is 6.72. The molecule has 162 valence electrons. The molecule has 0 bridgehead atoms. The summed E-state index contributed by atoms with van der Waals surface area (Å²) in [5, 5.41) is 31.7. The van der Waals surface area contributed by atoms with Crippen LogP contribution >= 0.6 is 11.8 Å². The third-order valence-corrected chi connectivity index (χ3v) is 10.0. The highest BCUT2D eigenvalue weighted by molar-refractivity contribution is 8.00. The van der Waals surface area contributed by atoms with Crippen molar-refractivity contribution in [3.8, 4) is 0 Å². The van der Waals surface area contributed by atoms with Gasteiger partial charge in [0, 0.05) is 22.8 Å². The highest BCUT2D eigenvalue weighted by Crippen LogP contribution is 2.64. The number of aliphatic hydroxyl groups excluding tert-OH is 2. The molecule has 3 N–H and O–H groups in total. The van der Waals surface area contributed by atoms with Crippen LogP contribution in [0.15, 0.2) is 34.9 Å². The molecule has 2 fully saturated rings. The van der Waals surface area contributed by atoms with Crippen molar-refractivity contribution in [2.75, 3.05) is 5.75 Å². The van der Waals surface area contributed by atoms with E-state index >= 15 is 0 Å². The fourth-order valence-corrected chi connectivity index (χ4v) is 7.92. The summed E-state index contributed by atoms with van der Waals surface area (Å²) in [6, 6.07) is 0. The first kappa shape index (κ1) is 21.7. The lowest BCUT2D eigenvalue weighted by Crippen LogP contribution is -2.52. The first-order valence-electron chi connectivity index (χ1n) is 11.3. The zero-order chi connectivity index (χ0) is 21.2. The van der Waals surface area contributed by atoms with E-state index in [4.69, 9.17) is 0 Å². The van der Waals surface area contributed by atoms with Crippen LogP contribution in [0.25, 0.3) is 0 Å². The molecule has 2 saturated carbocycles. The Kier molecular flexibility index (Phi) is 5.42. The van der Waals surface area contributed by atoms with E-state index in [0.29, 0.717) is 29.9 Å². The van der Waals surface area contributed by atoms with E-state index in [1.807, 2.05) is 25.6 Å². The molecule has 29 heavy (non-hydrogen) atoms. The zero-order valence-corrected chi connectivity index (χ0v) is 19.4. The maximum absolute atomic E-state index is 11.0. The van der Waals surface area contributed by atoms with E-state index < -0.39 is 17.8 Å². The quantitative estimate of drug-likeness (QED) is 0.583. The monoisotopic (exact) mass is 418 g/mol. The topological polar surface area (TPSA) is 60.7 Å². The largest absolute Gasteiger partial charge is 0.393 e. The van der Waals surface area contributed by atoms with Crippen molar-refractivity contribution in [1.82, 2.24) is 0 Å². The predicted molar refractivity (Wildman–Crippen MR) is 121 cm³/mol. The highest BCUT2D eigenvalue weighted by atomic mass is 32.2. The molecule has 0 aromatic heterocycles. The maximum Gasteiger partial charge on any atom is 0.0682 e. The van der Waals surface area contributed by atoms with Gasteiger partial charge in [-0.3, -0.25) is 0 Å². The molecule has 0 radical (unpaired) electrons. The summed E-state index contributed by atoms with van der Waals surface area (Å²) in [6.45, 7) is 10.7. The lowest BCUT2D eigenvalue weighted by molar-refractivity contribution is -0.0489. The van der Waals surface area contributed by atoms with Gasteiger partial charge >= 0.3 is 0 Å². The van der Waals surface area contributed by atoms with Gasteiger partial charge in [0.15, 0.2) is 0 Å². The molecule has 7 atom stereocenters. The standard InChI is InChI=1S/C25H38O3S/c1-15(29-14-23(2,3)28)19-8-9-20-18-7-6-16-12-17(26)13-22(27)25(16,5)21(18)10-11-24(19,20)4/h6-8,15,17,20-22,26-28H,9-14H2,1-5H3/t15?,17-,20+,21+,22+,24-,25+/m1/s1. The van der Waals surface area contributed by atoms with E-state index in [0.717, 1.165) is 25.0 Å². The highest BCUT2D eigenvalue weighted by Gasteiger charge is 2.57. The predicted octanol–water partition coefficient (Wildman–Crippen LogP) is 4.63. The van der Waals surface area contributed by atoms with Gasteiger partial charge in [-0.1, -0.05) is 48.8 Å². The summed E-state index contributed by atoms with van der Waals surface area (Å²) >= 11 is 1.86. The Morgan fingerprint density at radius 1 is 1.21 bits per heavy atom. The Bertz CT molecular complexity index is 761. The molecule has 0 aromatic rings. The van der Waals surface area contributed by atoms with Crippen molar-refractivity contribution in [1.29, 1.82) is 0 Å². The first-order chi connectivity index (χ1) is 13.5. The van der Waals surface area contributed by atoms with Crippen LogP contribution in [0.1, 0.15) is 66.7 Å². The van der Waals surface area contributed by atoms with Gasteiger partial charge in [-0.2, -0.15) is 11.8 Å². The van der Waals surface area contributed by atoms with E-state index in [1.165, 1.54) is 11.1 Å². The van der Waals surface area contributed by atoms with Crippen LogP contribution in [-0.4, -0.2) is 44.1 Å². The Labute approximate surface area is 180 Å². The van der Waals surface area contributed by atoms with Gasteiger partial charge < -0.3 is 15.3 Å². The van der Waals surface area contributed by atoms with Gasteiger partial charge in [-0.15, -0.1) is 0 Å². The van der Waals surface area contributed by atoms with Crippen molar-refractivity contribution in [2.45, 2.75) is 89.8 Å². The van der Waals surface area contributed by atoms with Gasteiger partial charge in [0.05, 0.1) is 17.8 Å². The normalized spacial score (nSPS) is 42.8. The molecular weight excluding hydrogens is 380 g/mol. The molecule has 0 aliphatic heterocycles. The summed E-state index contributed by atoms with van der Waals surface area (Å²) in [7, 11) is 0. The molecule has 0 heterocycles. The maximum atomic E-state index is 11.0. The van der Waals surface area contributed by atoms with E-state index in [9.17, 15) is 15.3 Å². The third-order valence-electron chi connectivity index (χ3n) is 8.42. The number of thioether (sulfide) groups is 1. The lowest BCUT2D eigenvalue weighted by atomic mass is 9.50. The summed E-state index contributed by atoms with van der Waals surface area (Å²) < 4.78 is 0. The van der Waals surface area contributed by atoms with Crippen LogP contribution in [0, 0.1) is 22.7 Å². The van der Waals surface area contributed by atoms with Crippen LogP contribution in [0.4, 0.5) is 0 Å². The molecule has 4 rings (SSSR count). The van der Waals surface area contributed by atoms with Crippen LogP contribution in [0.5, 0.6) is 0 Å². The SMILES string of the molecule is CC(SCC(C)(C)O)C1=CC[C@H]2C3=CC=C4C[C@@H](O)C[C@H](O)[C@]4(C)[C@H]3CC[C@]12C. The minimum absolute atomic E-state index is 0.176. The van der Waals surface area contributed by atoms with Crippen molar-refractivity contribution in [3.05, 3.63) is 34.9 Å². The van der Waals surface area contributed by atoms with E-state index in [2.05, 4.69) is 39.0 Å². The smallest absolute Gasteiger partial charge is 0.0682 e. The van der Waals surface area contributed by atoms with Crippen LogP contribution in [0.2, 0.25) is 0 Å². The molecule has 3 nitrogen and oxygen atoms in total. The summed E-state index contributed by atoms with van der Waals surface area (Å²) in [5.41, 5.74) is 3.62. The molecule has 0 saturated heterocycles. The molecule has 4 aliphatic carbocycles. The number of fused-ring (bicyclic) bond motifs is 5. The summed E-state index contributed by atoms with van der Waals surface area (Å²) in [5.74, 6) is 1.64. The van der Waals surface area contributed by atoms with Gasteiger partial charge in [-0.05, 0) is 63.7 Å². The zero-order valence-electron chi connectivity index (χ0n) is 18.6. The van der Waals surface area contributed by atoms with Gasteiger partial charge in [0.1, 0.15) is 0 Å². The molecule has 0 aromatic carbocycles.